The summed E-state index contributed by atoms with van der Waals surface area (Å²) in [5, 5.41) is 2.16. The number of fused-ring (bicyclic) bond motifs is 1. The average Bonchev–Trinajstić information content (AvgIpc) is 2.98. The summed E-state index contributed by atoms with van der Waals surface area (Å²) in [6.07, 6.45) is 2.06. The molecule has 0 spiro atoms. The number of methoxy groups -OCH3 is 1. The van der Waals surface area contributed by atoms with Crippen molar-refractivity contribution in [2.24, 2.45) is 10.9 Å². The molecule has 0 fully saturated rings. The van der Waals surface area contributed by atoms with Crippen LogP contribution in [-0.2, 0) is 16.0 Å². The number of nitrogens with zero attached hydrogens (tertiary/aromatic N) is 3. The highest BCUT2D eigenvalue weighted by molar-refractivity contribution is 6.42. The molecular weight excluding hydrogens is 475 g/mol. The van der Waals surface area contributed by atoms with Crippen molar-refractivity contribution < 1.29 is 14.3 Å². The lowest BCUT2D eigenvalue weighted by atomic mass is 10.0. The van der Waals surface area contributed by atoms with Crippen LogP contribution in [0.4, 0.5) is 5.69 Å². The maximum Gasteiger partial charge on any atom is 0.267 e. The number of aliphatic imine (C=N–C) groups is 1. The maximum absolute atomic E-state index is 13.0. The summed E-state index contributed by atoms with van der Waals surface area (Å²) < 4.78 is 5.23. The molecule has 9 heteroatoms. The van der Waals surface area contributed by atoms with E-state index in [2.05, 4.69) is 15.4 Å². The van der Waals surface area contributed by atoms with Crippen molar-refractivity contribution in [3.05, 3.63) is 87.5 Å². The van der Waals surface area contributed by atoms with E-state index < -0.39 is 5.92 Å². The molecule has 2 amide bonds. The van der Waals surface area contributed by atoms with Crippen LogP contribution in [0.15, 0.2) is 65.8 Å². The van der Waals surface area contributed by atoms with Gasteiger partial charge in [-0.15, -0.1) is 0 Å². The third kappa shape index (κ3) is 5.05. The average molecular weight is 497 g/mol. The van der Waals surface area contributed by atoms with Crippen molar-refractivity contribution in [1.29, 1.82) is 0 Å². The Morgan fingerprint density at radius 2 is 1.94 bits per heavy atom. The summed E-state index contributed by atoms with van der Waals surface area (Å²) in [7, 11) is 1.54. The Labute approximate surface area is 207 Å². The monoisotopic (exact) mass is 496 g/mol. The highest BCUT2D eigenvalue weighted by Gasteiger charge is 2.28. The Balaban J connectivity index is 1.59. The fourth-order valence-corrected chi connectivity index (χ4v) is 4.00. The zero-order chi connectivity index (χ0) is 24.2. The number of nitrogens with one attached hydrogen (secondary N) is 1. The molecule has 174 valence electrons. The second-order valence-corrected chi connectivity index (χ2v) is 8.64. The van der Waals surface area contributed by atoms with E-state index in [1.165, 1.54) is 12.1 Å². The van der Waals surface area contributed by atoms with Crippen LogP contribution in [0, 0.1) is 5.92 Å². The van der Waals surface area contributed by atoms with E-state index in [-0.39, 0.29) is 18.4 Å². The highest BCUT2D eigenvalue weighted by Crippen LogP contribution is 2.27. The Bertz CT molecular complexity index is 1280. The minimum Gasteiger partial charge on any atom is -0.481 e. The first-order valence-electron chi connectivity index (χ1n) is 10.6. The van der Waals surface area contributed by atoms with E-state index in [1.54, 1.807) is 49.5 Å². The predicted molar refractivity (Wildman–Crippen MR) is 133 cm³/mol. The molecule has 0 bridgehead atoms. The van der Waals surface area contributed by atoms with E-state index in [0.29, 0.717) is 39.3 Å². The molecule has 2 heterocycles. The van der Waals surface area contributed by atoms with E-state index in [9.17, 15) is 9.59 Å². The van der Waals surface area contributed by atoms with Crippen LogP contribution < -0.4 is 15.2 Å². The molecule has 0 aliphatic carbocycles. The third-order valence-corrected chi connectivity index (χ3v) is 6.17. The number of hydrazine groups is 1. The van der Waals surface area contributed by atoms with E-state index in [0.717, 1.165) is 11.1 Å². The first-order valence-corrected chi connectivity index (χ1v) is 11.3. The SMILES string of the molecule is COc1cc(C2=NCC(=O)N(NC(=O)[C@@H](C)Cc3ccc(Cl)c(Cl)c3)c3ccccc32)ccn1. The number of anilines is 1. The number of benzodiazepines with no additional fused rings is 1. The number of halogens is 2. The molecule has 1 aliphatic heterocycles. The van der Waals surface area contributed by atoms with Crippen molar-refractivity contribution >= 4 is 46.4 Å². The lowest BCUT2D eigenvalue weighted by Crippen LogP contribution is -2.49. The molecular formula is C25H22Cl2N4O3. The molecule has 1 aromatic heterocycles. The number of pyridine rings is 1. The molecule has 0 saturated carbocycles. The van der Waals surface area contributed by atoms with Crippen LogP contribution in [0.5, 0.6) is 5.88 Å². The van der Waals surface area contributed by atoms with E-state index >= 15 is 0 Å². The van der Waals surface area contributed by atoms with Crippen molar-refractivity contribution in [2.75, 3.05) is 18.7 Å². The topological polar surface area (TPSA) is 83.9 Å². The van der Waals surface area contributed by atoms with Crippen LogP contribution >= 0.6 is 23.2 Å². The molecule has 7 nitrogen and oxygen atoms in total. The van der Waals surface area contributed by atoms with Crippen LogP contribution in [-0.4, -0.2) is 36.2 Å². The number of rotatable bonds is 6. The van der Waals surface area contributed by atoms with Gasteiger partial charge < -0.3 is 4.74 Å². The number of hydrogen-bond donors (Lipinski definition) is 1. The minimum atomic E-state index is -0.426. The summed E-state index contributed by atoms with van der Waals surface area (Å²) in [5.74, 6) is -0.637. The number of benzene rings is 2. The number of hydrogen-bond acceptors (Lipinski definition) is 5. The molecule has 1 atom stereocenters. The van der Waals surface area contributed by atoms with Gasteiger partial charge >= 0.3 is 0 Å². The van der Waals surface area contributed by atoms with Crippen molar-refractivity contribution in [3.63, 3.8) is 0 Å². The van der Waals surface area contributed by atoms with E-state index in [1.807, 2.05) is 18.2 Å². The smallest absolute Gasteiger partial charge is 0.267 e. The number of carbonyl (C=O) groups excluding carboxylic acids is 2. The maximum atomic E-state index is 13.0. The van der Waals surface area contributed by atoms with Gasteiger partial charge in [-0.2, -0.15) is 0 Å². The zero-order valence-electron chi connectivity index (χ0n) is 18.6. The molecule has 0 radical (unpaired) electrons. The summed E-state index contributed by atoms with van der Waals surface area (Å²) in [5.41, 5.74) is 6.27. The summed E-state index contributed by atoms with van der Waals surface area (Å²) in [6, 6.07) is 16.1. The number of amides is 2. The predicted octanol–water partition coefficient (Wildman–Crippen LogP) is 4.49. The largest absolute Gasteiger partial charge is 0.481 e. The van der Waals surface area contributed by atoms with E-state index in [4.69, 9.17) is 27.9 Å². The second kappa shape index (κ2) is 10.2. The fourth-order valence-electron chi connectivity index (χ4n) is 3.68. The van der Waals surface area contributed by atoms with Crippen LogP contribution in [0.3, 0.4) is 0 Å². The quantitative estimate of drug-likeness (QED) is 0.544. The van der Waals surface area contributed by atoms with Gasteiger partial charge in [0, 0.05) is 29.3 Å². The van der Waals surface area contributed by atoms with Crippen molar-refractivity contribution in [2.45, 2.75) is 13.3 Å². The lowest BCUT2D eigenvalue weighted by molar-refractivity contribution is -0.127. The first-order chi connectivity index (χ1) is 16.4. The molecule has 3 aromatic rings. The van der Waals surface area contributed by atoms with Gasteiger partial charge in [0.15, 0.2) is 0 Å². The van der Waals surface area contributed by atoms with Gasteiger partial charge in [0.2, 0.25) is 11.8 Å². The Morgan fingerprint density at radius 1 is 1.15 bits per heavy atom. The summed E-state index contributed by atoms with van der Waals surface area (Å²) in [4.78, 5) is 34.7. The van der Waals surface area contributed by atoms with Gasteiger partial charge in [0.1, 0.15) is 6.54 Å². The Kier molecular flexibility index (Phi) is 7.14. The summed E-state index contributed by atoms with van der Waals surface area (Å²) >= 11 is 12.1. The minimum absolute atomic E-state index is 0.129. The van der Waals surface area contributed by atoms with Gasteiger partial charge in [0.05, 0.1) is 28.6 Å². The molecule has 4 rings (SSSR count). The molecule has 0 unspecified atom stereocenters. The molecule has 1 aliphatic rings. The van der Waals surface area contributed by atoms with Crippen LogP contribution in [0.25, 0.3) is 0 Å². The zero-order valence-corrected chi connectivity index (χ0v) is 20.1. The molecule has 2 aromatic carbocycles. The van der Waals surface area contributed by atoms with Crippen LogP contribution in [0.2, 0.25) is 10.0 Å². The lowest BCUT2D eigenvalue weighted by Gasteiger charge is -2.25. The van der Waals surface area contributed by atoms with Gasteiger partial charge in [0.25, 0.3) is 5.91 Å². The third-order valence-electron chi connectivity index (χ3n) is 5.43. The standard InChI is InChI=1S/C25H22Cl2N4O3/c1-15(11-16-7-8-19(26)20(27)12-16)25(33)30-31-21-6-4-3-5-18(21)24(29-14-23(31)32)17-9-10-28-22(13-17)34-2/h3-10,12-13,15H,11,14H2,1-2H3,(H,30,33)/t15-/m0/s1. The van der Waals surface area contributed by atoms with Gasteiger partial charge in [-0.05, 0) is 36.2 Å². The van der Waals surface area contributed by atoms with Crippen molar-refractivity contribution in [1.82, 2.24) is 10.4 Å². The first kappa shape index (κ1) is 23.7. The van der Waals surface area contributed by atoms with Crippen molar-refractivity contribution in [3.8, 4) is 5.88 Å². The number of para-hydroxylation sites is 1. The molecule has 1 N–H and O–H groups in total. The summed E-state index contributed by atoms with van der Waals surface area (Å²) in [6.45, 7) is 1.66. The fraction of sp³-hybridized carbons (Fsp3) is 0.200. The Hall–Kier alpha value is -3.42. The van der Waals surface area contributed by atoms with Crippen LogP contribution in [0.1, 0.15) is 23.6 Å². The number of carbonyl (C=O) groups is 2. The molecule has 0 saturated heterocycles. The number of ether oxygens (including phenoxy) is 1. The Morgan fingerprint density at radius 3 is 2.71 bits per heavy atom. The van der Waals surface area contributed by atoms with Gasteiger partial charge in [-0.1, -0.05) is 54.4 Å². The second-order valence-electron chi connectivity index (χ2n) is 7.83. The normalized spacial score (nSPS) is 14.1. The molecule has 34 heavy (non-hydrogen) atoms. The van der Waals surface area contributed by atoms with Gasteiger partial charge in [-0.3, -0.25) is 20.0 Å². The van der Waals surface area contributed by atoms with Gasteiger partial charge in [-0.25, -0.2) is 9.99 Å². The highest BCUT2D eigenvalue weighted by atomic mass is 35.5. The number of aromatic nitrogens is 1.